The Hall–Kier alpha value is -0.520. The molecule has 0 saturated carbocycles. The molecular formula is C8H11NO2S2. The summed E-state index contributed by atoms with van der Waals surface area (Å²) in [6, 6.07) is 3.23. The van der Waals surface area contributed by atoms with Crippen LogP contribution in [0.5, 0.6) is 0 Å². The Morgan fingerprint density at radius 3 is 2.23 bits per heavy atom. The first-order valence-electron chi connectivity index (χ1n) is 3.65. The highest BCUT2D eigenvalue weighted by molar-refractivity contribution is 7.89. The lowest BCUT2D eigenvalue weighted by molar-refractivity contribution is 0.597. The Balaban J connectivity index is 3.50. The molecule has 0 spiro atoms. The van der Waals surface area contributed by atoms with Crippen LogP contribution in [-0.4, -0.2) is 8.42 Å². The molecule has 0 aromatic heterocycles. The smallest absolute Gasteiger partial charge is 0.225 e. The maximum Gasteiger partial charge on any atom is 0.238 e. The molecule has 72 valence electrons. The van der Waals surface area contributed by atoms with Gasteiger partial charge in [0.05, 0.1) is 4.90 Å². The van der Waals surface area contributed by atoms with Crippen molar-refractivity contribution in [1.29, 1.82) is 0 Å². The SMILES string of the molecule is Cc1cc(C)c(S(N)(=O)=O)cc1S. The van der Waals surface area contributed by atoms with E-state index in [4.69, 9.17) is 5.14 Å². The van der Waals surface area contributed by atoms with Crippen molar-refractivity contribution in [2.24, 2.45) is 5.14 Å². The van der Waals surface area contributed by atoms with E-state index in [-0.39, 0.29) is 4.90 Å². The topological polar surface area (TPSA) is 60.2 Å². The van der Waals surface area contributed by atoms with Crippen LogP contribution in [0.4, 0.5) is 0 Å². The molecule has 0 fully saturated rings. The first kappa shape index (κ1) is 10.6. The van der Waals surface area contributed by atoms with Crippen molar-refractivity contribution >= 4 is 22.7 Å². The molecule has 1 aromatic carbocycles. The van der Waals surface area contributed by atoms with Gasteiger partial charge in [-0.15, -0.1) is 12.6 Å². The molecule has 13 heavy (non-hydrogen) atoms. The van der Waals surface area contributed by atoms with Gasteiger partial charge in [0.1, 0.15) is 0 Å². The third-order valence-corrected chi connectivity index (χ3v) is 3.33. The maximum absolute atomic E-state index is 11.1. The molecule has 0 aliphatic rings. The number of sulfonamides is 1. The molecule has 0 bridgehead atoms. The van der Waals surface area contributed by atoms with Crippen molar-refractivity contribution in [3.63, 3.8) is 0 Å². The van der Waals surface area contributed by atoms with Crippen LogP contribution in [0.25, 0.3) is 0 Å². The third kappa shape index (κ3) is 2.24. The van der Waals surface area contributed by atoms with Crippen LogP contribution in [0.15, 0.2) is 21.9 Å². The van der Waals surface area contributed by atoms with Crippen molar-refractivity contribution in [1.82, 2.24) is 0 Å². The molecule has 0 atom stereocenters. The fourth-order valence-electron chi connectivity index (χ4n) is 1.13. The molecule has 0 saturated heterocycles. The highest BCUT2D eigenvalue weighted by atomic mass is 32.2. The van der Waals surface area contributed by atoms with Gasteiger partial charge in [0.2, 0.25) is 10.0 Å². The van der Waals surface area contributed by atoms with E-state index in [1.807, 2.05) is 6.92 Å². The van der Waals surface area contributed by atoms with Crippen molar-refractivity contribution in [3.05, 3.63) is 23.3 Å². The van der Waals surface area contributed by atoms with Crippen molar-refractivity contribution < 1.29 is 8.42 Å². The molecule has 1 aromatic rings. The zero-order chi connectivity index (χ0) is 10.2. The van der Waals surface area contributed by atoms with Crippen LogP contribution in [0.3, 0.4) is 0 Å². The minimum atomic E-state index is -3.62. The molecule has 2 N–H and O–H groups in total. The predicted molar refractivity (Wildman–Crippen MR) is 54.5 cm³/mol. The van der Waals surface area contributed by atoms with E-state index in [1.165, 1.54) is 6.07 Å². The lowest BCUT2D eigenvalue weighted by Crippen LogP contribution is -2.13. The fraction of sp³-hybridized carbons (Fsp3) is 0.250. The van der Waals surface area contributed by atoms with Gasteiger partial charge in [-0.1, -0.05) is 6.07 Å². The third-order valence-electron chi connectivity index (χ3n) is 1.80. The van der Waals surface area contributed by atoms with Crippen molar-refractivity contribution in [3.8, 4) is 0 Å². The Morgan fingerprint density at radius 1 is 1.23 bits per heavy atom. The summed E-state index contributed by atoms with van der Waals surface area (Å²) in [6.07, 6.45) is 0. The molecule has 1 rings (SSSR count). The van der Waals surface area contributed by atoms with E-state index < -0.39 is 10.0 Å². The molecule has 0 heterocycles. The van der Waals surface area contributed by atoms with Gasteiger partial charge < -0.3 is 0 Å². The van der Waals surface area contributed by atoms with E-state index in [9.17, 15) is 8.42 Å². The summed E-state index contributed by atoms with van der Waals surface area (Å²) in [5, 5.41) is 5.01. The Bertz CT molecular complexity index is 438. The predicted octanol–water partition coefficient (Wildman–Crippen LogP) is 1.24. The number of rotatable bonds is 1. The van der Waals surface area contributed by atoms with Crippen LogP contribution < -0.4 is 5.14 Å². The quantitative estimate of drug-likeness (QED) is 0.695. The van der Waals surface area contributed by atoms with Crippen LogP contribution >= 0.6 is 12.6 Å². The summed E-state index contributed by atoms with van der Waals surface area (Å²) in [7, 11) is -3.62. The van der Waals surface area contributed by atoms with Gasteiger partial charge in [-0.05, 0) is 31.0 Å². The summed E-state index contributed by atoms with van der Waals surface area (Å²) in [5.74, 6) is 0. The minimum Gasteiger partial charge on any atom is -0.225 e. The zero-order valence-corrected chi connectivity index (χ0v) is 9.11. The van der Waals surface area contributed by atoms with E-state index >= 15 is 0 Å². The lowest BCUT2D eigenvalue weighted by atomic mass is 10.2. The lowest BCUT2D eigenvalue weighted by Gasteiger charge is -2.06. The number of hydrogen-bond acceptors (Lipinski definition) is 3. The number of primary sulfonamides is 1. The highest BCUT2D eigenvalue weighted by Gasteiger charge is 2.12. The molecule has 0 aliphatic carbocycles. The molecule has 3 nitrogen and oxygen atoms in total. The van der Waals surface area contributed by atoms with E-state index in [1.54, 1.807) is 13.0 Å². The van der Waals surface area contributed by atoms with Crippen LogP contribution in [-0.2, 0) is 10.0 Å². The number of nitrogens with two attached hydrogens (primary N) is 1. The number of hydrogen-bond donors (Lipinski definition) is 2. The molecule has 0 unspecified atom stereocenters. The number of aryl methyl sites for hydroxylation is 2. The van der Waals surface area contributed by atoms with Gasteiger partial charge in [0.15, 0.2) is 0 Å². The Morgan fingerprint density at radius 2 is 1.77 bits per heavy atom. The van der Waals surface area contributed by atoms with Crippen LogP contribution in [0.1, 0.15) is 11.1 Å². The van der Waals surface area contributed by atoms with E-state index in [0.717, 1.165) is 5.56 Å². The Labute approximate surface area is 83.4 Å². The summed E-state index contributed by atoms with van der Waals surface area (Å²) in [6.45, 7) is 3.57. The first-order chi connectivity index (χ1) is 5.82. The van der Waals surface area contributed by atoms with Crippen LogP contribution in [0.2, 0.25) is 0 Å². The van der Waals surface area contributed by atoms with Gasteiger partial charge in [0.25, 0.3) is 0 Å². The average Bonchev–Trinajstić information content (AvgIpc) is 1.94. The van der Waals surface area contributed by atoms with Crippen LogP contribution in [0, 0.1) is 13.8 Å². The second kappa shape index (κ2) is 3.32. The Kier molecular flexibility index (Phi) is 2.70. The largest absolute Gasteiger partial charge is 0.238 e. The molecule has 0 aliphatic heterocycles. The van der Waals surface area contributed by atoms with Gasteiger partial charge in [-0.2, -0.15) is 0 Å². The summed E-state index contributed by atoms with van der Waals surface area (Å²) in [5.41, 5.74) is 1.59. The zero-order valence-electron chi connectivity index (χ0n) is 7.40. The van der Waals surface area contributed by atoms with Crippen molar-refractivity contribution in [2.75, 3.05) is 0 Å². The fourth-order valence-corrected chi connectivity index (χ4v) is 2.20. The summed E-state index contributed by atoms with van der Waals surface area (Å²) >= 11 is 4.13. The van der Waals surface area contributed by atoms with Gasteiger partial charge >= 0.3 is 0 Å². The van der Waals surface area contributed by atoms with Gasteiger partial charge in [-0.25, -0.2) is 13.6 Å². The maximum atomic E-state index is 11.1. The number of benzene rings is 1. The standard InChI is InChI=1S/C8H11NO2S2/c1-5-3-6(2)8(4-7(5)12)13(9,10)11/h3-4,12H,1-2H3,(H2,9,10,11). The van der Waals surface area contributed by atoms with Crippen molar-refractivity contribution in [2.45, 2.75) is 23.6 Å². The van der Waals surface area contributed by atoms with E-state index in [2.05, 4.69) is 12.6 Å². The monoisotopic (exact) mass is 217 g/mol. The molecule has 0 amide bonds. The van der Waals surface area contributed by atoms with E-state index in [0.29, 0.717) is 10.5 Å². The second-order valence-electron chi connectivity index (χ2n) is 2.95. The molecular weight excluding hydrogens is 206 g/mol. The van der Waals surface area contributed by atoms with Gasteiger partial charge in [-0.3, -0.25) is 0 Å². The first-order valence-corrected chi connectivity index (χ1v) is 5.65. The highest BCUT2D eigenvalue weighted by Crippen LogP contribution is 2.21. The summed E-state index contributed by atoms with van der Waals surface area (Å²) < 4.78 is 22.1. The number of thiol groups is 1. The summed E-state index contributed by atoms with van der Waals surface area (Å²) in [4.78, 5) is 0.776. The minimum absolute atomic E-state index is 0.142. The average molecular weight is 217 g/mol. The molecule has 0 radical (unpaired) electrons. The molecule has 5 heteroatoms. The van der Waals surface area contributed by atoms with Gasteiger partial charge in [0, 0.05) is 4.90 Å². The second-order valence-corrected chi connectivity index (χ2v) is 4.96. The normalized spacial score (nSPS) is 11.7.